The molecule has 0 saturated carbocycles. The second-order valence-corrected chi connectivity index (χ2v) is 17.2. The number of nitrogens with zero attached hydrogens (tertiary/aromatic N) is 1. The predicted octanol–water partition coefficient (Wildman–Crippen LogP) is 16.9. The third-order valence-electron chi connectivity index (χ3n) is 13.5. The van der Waals surface area contributed by atoms with Gasteiger partial charge in [0.1, 0.15) is 22.3 Å². The minimum atomic E-state index is -0.147. The number of benzene rings is 10. The Morgan fingerprint density at radius 1 is 0.355 bits per heavy atom. The standard InChI is InChI=1S/C59H39NO2/c1-59(2)52-23-9-7-18-45(52)46-31-29-40(34-53(46)59)60(39-27-25-37(26-28-39)44-20-12-22-50-47-19-8-10-24-54(47)61-57(44)50)41-30-32-48-51-33-38-14-4-6-17-43(38)56(58(51)62-55(48)35-41)49-21-11-15-36-13-3-5-16-42(36)49/h3-35H,1-2H3. The molecule has 13 rings (SSSR count). The molecule has 1 aliphatic rings. The molecule has 292 valence electrons. The fourth-order valence-corrected chi connectivity index (χ4v) is 10.5. The summed E-state index contributed by atoms with van der Waals surface area (Å²) in [6.45, 7) is 4.69. The second kappa shape index (κ2) is 13.1. The molecule has 0 aliphatic heterocycles. The largest absolute Gasteiger partial charge is 0.455 e. The second-order valence-electron chi connectivity index (χ2n) is 17.2. The van der Waals surface area contributed by atoms with Gasteiger partial charge in [-0.15, -0.1) is 0 Å². The monoisotopic (exact) mass is 793 g/mol. The van der Waals surface area contributed by atoms with Crippen molar-refractivity contribution in [1.82, 2.24) is 0 Å². The summed E-state index contributed by atoms with van der Waals surface area (Å²) in [5.41, 5.74) is 16.3. The van der Waals surface area contributed by atoms with Gasteiger partial charge in [0.2, 0.25) is 0 Å². The van der Waals surface area contributed by atoms with Crippen LogP contribution in [0.3, 0.4) is 0 Å². The van der Waals surface area contributed by atoms with E-state index in [0.29, 0.717) is 0 Å². The van der Waals surface area contributed by atoms with Crippen molar-refractivity contribution in [3.05, 3.63) is 211 Å². The number of rotatable bonds is 5. The van der Waals surface area contributed by atoms with Crippen LogP contribution >= 0.6 is 0 Å². The first-order valence-electron chi connectivity index (χ1n) is 21.4. The highest BCUT2D eigenvalue weighted by Gasteiger charge is 2.36. The van der Waals surface area contributed by atoms with Crippen molar-refractivity contribution in [2.75, 3.05) is 4.90 Å². The van der Waals surface area contributed by atoms with Gasteiger partial charge in [-0.3, -0.25) is 0 Å². The van der Waals surface area contributed by atoms with E-state index in [-0.39, 0.29) is 5.41 Å². The van der Waals surface area contributed by atoms with Crippen LogP contribution in [-0.2, 0) is 5.41 Å². The zero-order valence-corrected chi connectivity index (χ0v) is 34.3. The zero-order chi connectivity index (χ0) is 41.1. The smallest absolute Gasteiger partial charge is 0.143 e. The van der Waals surface area contributed by atoms with E-state index in [1.54, 1.807) is 0 Å². The van der Waals surface area contributed by atoms with E-state index in [1.165, 1.54) is 49.4 Å². The molecular weight excluding hydrogens is 755 g/mol. The Hall–Kier alpha value is -7.88. The molecule has 10 aromatic carbocycles. The van der Waals surface area contributed by atoms with E-state index >= 15 is 0 Å². The lowest BCUT2D eigenvalue weighted by Crippen LogP contribution is -2.16. The molecule has 1 aliphatic carbocycles. The van der Waals surface area contributed by atoms with Crippen LogP contribution in [0.1, 0.15) is 25.0 Å². The van der Waals surface area contributed by atoms with Crippen molar-refractivity contribution in [1.29, 1.82) is 0 Å². The summed E-state index contributed by atoms with van der Waals surface area (Å²) in [7, 11) is 0. The molecule has 0 amide bonds. The third kappa shape index (κ3) is 5.06. The maximum absolute atomic E-state index is 7.11. The predicted molar refractivity (Wildman–Crippen MR) is 259 cm³/mol. The van der Waals surface area contributed by atoms with Gasteiger partial charge in [-0.1, -0.05) is 159 Å². The quantitative estimate of drug-likeness (QED) is 0.174. The summed E-state index contributed by atoms with van der Waals surface area (Å²) in [6.07, 6.45) is 0. The Bertz CT molecular complexity index is 3780. The van der Waals surface area contributed by atoms with Crippen LogP contribution in [0.4, 0.5) is 17.1 Å². The maximum atomic E-state index is 7.11. The van der Waals surface area contributed by atoms with Crippen molar-refractivity contribution in [2.45, 2.75) is 19.3 Å². The highest BCUT2D eigenvalue weighted by Crippen LogP contribution is 2.51. The molecule has 0 fully saturated rings. The van der Waals surface area contributed by atoms with Gasteiger partial charge in [0.25, 0.3) is 0 Å². The van der Waals surface area contributed by atoms with Crippen LogP contribution in [0.15, 0.2) is 209 Å². The number of hydrogen-bond acceptors (Lipinski definition) is 3. The minimum absolute atomic E-state index is 0.147. The van der Waals surface area contributed by atoms with Crippen molar-refractivity contribution in [3.8, 4) is 33.4 Å². The Morgan fingerprint density at radius 2 is 0.952 bits per heavy atom. The van der Waals surface area contributed by atoms with E-state index in [9.17, 15) is 0 Å². The van der Waals surface area contributed by atoms with Crippen LogP contribution in [0, 0.1) is 0 Å². The van der Waals surface area contributed by atoms with Crippen LogP contribution in [-0.4, -0.2) is 0 Å². The van der Waals surface area contributed by atoms with Crippen LogP contribution in [0.5, 0.6) is 0 Å². The van der Waals surface area contributed by atoms with Crippen molar-refractivity contribution >= 4 is 82.5 Å². The van der Waals surface area contributed by atoms with Gasteiger partial charge in [-0.2, -0.15) is 0 Å². The molecule has 3 nitrogen and oxygen atoms in total. The van der Waals surface area contributed by atoms with Gasteiger partial charge in [0.05, 0.1) is 0 Å². The molecule has 0 unspecified atom stereocenters. The third-order valence-corrected chi connectivity index (χ3v) is 13.5. The highest BCUT2D eigenvalue weighted by molar-refractivity contribution is 6.21. The Morgan fingerprint density at radius 3 is 1.84 bits per heavy atom. The van der Waals surface area contributed by atoms with Crippen molar-refractivity contribution in [2.24, 2.45) is 0 Å². The molecule has 2 heterocycles. The lowest BCUT2D eigenvalue weighted by atomic mass is 9.82. The molecule has 12 aromatic rings. The zero-order valence-electron chi connectivity index (χ0n) is 34.3. The van der Waals surface area contributed by atoms with E-state index in [2.05, 4.69) is 207 Å². The molecular formula is C59H39NO2. The van der Waals surface area contributed by atoms with E-state index < -0.39 is 0 Å². The number of anilines is 3. The lowest BCUT2D eigenvalue weighted by molar-refractivity contribution is 0.660. The first kappa shape index (κ1) is 34.9. The average molecular weight is 794 g/mol. The van der Waals surface area contributed by atoms with Gasteiger partial charge in [-0.05, 0) is 103 Å². The molecule has 0 N–H and O–H groups in total. The van der Waals surface area contributed by atoms with Gasteiger partial charge < -0.3 is 13.7 Å². The summed E-state index contributed by atoms with van der Waals surface area (Å²) in [6, 6.07) is 72.3. The first-order chi connectivity index (χ1) is 30.5. The Labute approximate surface area is 358 Å². The SMILES string of the molecule is CC1(C)c2ccccc2-c2ccc(N(c3ccc(-c4cccc5c4oc4ccccc45)cc3)c3ccc4c(c3)oc3c(-c5cccc6ccccc56)c5ccccc5cc34)cc21. The van der Waals surface area contributed by atoms with Gasteiger partial charge >= 0.3 is 0 Å². The fourth-order valence-electron chi connectivity index (χ4n) is 10.5. The molecule has 0 bridgehead atoms. The number of hydrogen-bond donors (Lipinski definition) is 0. The summed E-state index contributed by atoms with van der Waals surface area (Å²) in [4.78, 5) is 2.37. The molecule has 0 radical (unpaired) electrons. The van der Waals surface area contributed by atoms with Crippen LogP contribution < -0.4 is 4.90 Å². The molecule has 62 heavy (non-hydrogen) atoms. The number of furan rings is 2. The summed E-state index contributed by atoms with van der Waals surface area (Å²) in [5, 5.41) is 9.25. The maximum Gasteiger partial charge on any atom is 0.143 e. The summed E-state index contributed by atoms with van der Waals surface area (Å²) < 4.78 is 13.6. The van der Waals surface area contributed by atoms with Gasteiger partial charge in [0.15, 0.2) is 0 Å². The fraction of sp³-hybridized carbons (Fsp3) is 0.0508. The first-order valence-corrected chi connectivity index (χ1v) is 21.4. The highest BCUT2D eigenvalue weighted by atomic mass is 16.3. The average Bonchev–Trinajstić information content (AvgIpc) is 3.95. The van der Waals surface area contributed by atoms with E-state index in [1.807, 2.05) is 12.1 Å². The van der Waals surface area contributed by atoms with Crippen LogP contribution in [0.2, 0.25) is 0 Å². The molecule has 0 atom stereocenters. The normalized spacial score (nSPS) is 13.1. The number of fused-ring (bicyclic) bond motifs is 11. The van der Waals surface area contributed by atoms with Crippen LogP contribution in [0.25, 0.3) is 98.8 Å². The van der Waals surface area contributed by atoms with Crippen molar-refractivity contribution < 1.29 is 8.83 Å². The molecule has 0 saturated heterocycles. The summed E-state index contributed by atoms with van der Waals surface area (Å²) >= 11 is 0. The van der Waals surface area contributed by atoms with E-state index in [0.717, 1.165) is 77.6 Å². The topological polar surface area (TPSA) is 29.5 Å². The molecule has 2 aromatic heterocycles. The van der Waals surface area contributed by atoms with E-state index in [4.69, 9.17) is 8.83 Å². The lowest BCUT2D eigenvalue weighted by Gasteiger charge is -2.28. The Balaban J connectivity index is 1.01. The van der Waals surface area contributed by atoms with Crippen molar-refractivity contribution in [3.63, 3.8) is 0 Å². The number of para-hydroxylation sites is 2. The Kier molecular flexibility index (Phi) is 7.36. The molecule has 0 spiro atoms. The summed E-state index contributed by atoms with van der Waals surface area (Å²) in [5.74, 6) is 0. The van der Waals surface area contributed by atoms with Gasteiger partial charge in [-0.25, -0.2) is 0 Å². The minimum Gasteiger partial charge on any atom is -0.455 e. The molecule has 3 heteroatoms. The van der Waals surface area contributed by atoms with Gasteiger partial charge in [0, 0.05) is 61.2 Å².